The molecule has 3 radical (unpaired) electrons. The topological polar surface area (TPSA) is 102 Å². The van der Waals surface area contributed by atoms with E-state index in [0.717, 1.165) is 5.56 Å². The van der Waals surface area contributed by atoms with Gasteiger partial charge in [0, 0.05) is 44.1 Å². The molecule has 11 atom stereocenters. The Morgan fingerprint density at radius 2 is 1.72 bits per heavy atom. The maximum atomic E-state index is 13.2. The Morgan fingerprint density at radius 3 is 2.28 bits per heavy atom. The van der Waals surface area contributed by atoms with Crippen LogP contribution in [0.2, 0.25) is 13.6 Å². The van der Waals surface area contributed by atoms with E-state index in [9.17, 15) is 9.90 Å². The standard InChI is InChI=1S/C23H36B3O9P3.Ac/c1-6-15-18(27)19(17(12-29-15)35-38(5)24)32-23-21(31-22(28)14-9-7-13(2)8-10-14)20(34-26(4)37)16(11-30-23)33-25(3)36;/h6-10,15-21,23,27H,1,11-12,36-37H2,2-5H3;. The molecule has 2 heterocycles. The number of esters is 1. The number of ether oxygens (including phenoxy) is 4. The molecule has 11 unspecified atom stereocenters. The van der Waals surface area contributed by atoms with E-state index in [1.165, 1.54) is 6.08 Å². The number of aliphatic hydroxyl groups excluding tert-OH is 1. The van der Waals surface area contributed by atoms with E-state index in [-0.39, 0.29) is 70.5 Å². The molecule has 2 saturated heterocycles. The van der Waals surface area contributed by atoms with Crippen LogP contribution in [0.15, 0.2) is 36.9 Å². The predicted molar refractivity (Wildman–Crippen MR) is 157 cm³/mol. The average molecular weight is 809 g/mol. The van der Waals surface area contributed by atoms with Crippen molar-refractivity contribution in [3.8, 4) is 0 Å². The normalized spacial score (nSPS) is 31.5. The summed E-state index contributed by atoms with van der Waals surface area (Å²) in [6.07, 6.45) is -5.33. The summed E-state index contributed by atoms with van der Waals surface area (Å²) < 4.78 is 42.1. The first-order chi connectivity index (χ1) is 18.0. The molecule has 1 aromatic rings. The second-order valence-corrected chi connectivity index (χ2v) is 12.6. The van der Waals surface area contributed by atoms with Crippen molar-refractivity contribution >= 4 is 53.1 Å². The molecular weight excluding hydrogens is 773 g/mol. The van der Waals surface area contributed by atoms with Crippen LogP contribution in [0.1, 0.15) is 15.9 Å². The second kappa shape index (κ2) is 17.4. The third-order valence-electron chi connectivity index (χ3n) is 5.99. The number of benzene rings is 1. The van der Waals surface area contributed by atoms with Gasteiger partial charge in [-0.1, -0.05) is 37.4 Å². The van der Waals surface area contributed by atoms with E-state index in [1.54, 1.807) is 18.8 Å². The summed E-state index contributed by atoms with van der Waals surface area (Å²) in [6.45, 7) is 10.9. The molecule has 209 valence electrons. The third kappa shape index (κ3) is 10.6. The number of hydrogen-bond donors (Lipinski definition) is 1. The van der Waals surface area contributed by atoms with Crippen LogP contribution in [-0.2, 0) is 32.8 Å². The molecule has 9 nitrogen and oxygen atoms in total. The maximum absolute atomic E-state index is 13.2. The fourth-order valence-electron chi connectivity index (χ4n) is 4.31. The summed E-state index contributed by atoms with van der Waals surface area (Å²) in [4.78, 5) is 13.2. The van der Waals surface area contributed by atoms with Crippen LogP contribution in [0, 0.1) is 51.0 Å². The SMILES string of the molecule is [Ac].[B]P(C)OC1COC(C=C)C(O)C1OC1OCC(OB(C)P)C(OB(C)P)C1OC(=O)c1ccc(C)cc1. The van der Waals surface area contributed by atoms with Gasteiger partial charge in [0.1, 0.15) is 38.1 Å². The number of rotatable bonds is 11. The Labute approximate surface area is 275 Å². The quantitative estimate of drug-likeness (QED) is 0.157. The molecule has 2 fully saturated rings. The average Bonchev–Trinajstić information content (AvgIpc) is 2.84. The van der Waals surface area contributed by atoms with Crippen molar-refractivity contribution in [3.05, 3.63) is 48.0 Å². The van der Waals surface area contributed by atoms with Crippen LogP contribution >= 0.6 is 26.3 Å². The van der Waals surface area contributed by atoms with Crippen LogP contribution in [-0.4, -0.2) is 101 Å². The summed E-state index contributed by atoms with van der Waals surface area (Å²) in [5.74, 6) is -0.569. The number of aliphatic hydroxyl groups is 1. The van der Waals surface area contributed by atoms with Gasteiger partial charge in [-0.25, -0.2) is 4.79 Å². The van der Waals surface area contributed by atoms with Gasteiger partial charge in [-0.2, -0.15) is 0 Å². The van der Waals surface area contributed by atoms with E-state index >= 15 is 0 Å². The van der Waals surface area contributed by atoms with Crippen molar-refractivity contribution in [1.29, 1.82) is 0 Å². The zero-order chi connectivity index (χ0) is 28.0. The van der Waals surface area contributed by atoms with E-state index < -0.39 is 63.0 Å². The molecule has 0 bridgehead atoms. The van der Waals surface area contributed by atoms with E-state index in [2.05, 4.69) is 24.8 Å². The van der Waals surface area contributed by atoms with Crippen LogP contribution in [0.3, 0.4) is 0 Å². The fourth-order valence-corrected chi connectivity index (χ4v) is 5.30. The molecule has 0 spiro atoms. The van der Waals surface area contributed by atoms with E-state index in [1.807, 2.05) is 32.7 Å². The molecule has 3 rings (SSSR count). The monoisotopic (exact) mass is 809 g/mol. The zero-order valence-electron chi connectivity index (χ0n) is 22.8. The van der Waals surface area contributed by atoms with Gasteiger partial charge in [0.05, 0.1) is 24.9 Å². The second-order valence-electron chi connectivity index (χ2n) is 9.44. The fraction of sp³-hybridized carbons (Fsp3) is 0.609. The molecule has 0 saturated carbocycles. The smallest absolute Gasteiger partial charge is 0.338 e. The summed E-state index contributed by atoms with van der Waals surface area (Å²) >= 11 is 0. The zero-order valence-corrected chi connectivity index (χ0v) is 30.7. The minimum atomic E-state index is -1.28. The molecule has 0 aliphatic carbocycles. The summed E-state index contributed by atoms with van der Waals surface area (Å²) in [7, 11) is 9.79. The maximum Gasteiger partial charge on any atom is 0.338 e. The molecular formula is C23H36AcB3O9P3. The molecule has 2 aliphatic heterocycles. The number of aryl methyl sites for hydroxylation is 1. The first-order valence-electron chi connectivity index (χ1n) is 12.4. The Kier molecular flexibility index (Phi) is 16.2. The van der Waals surface area contributed by atoms with Gasteiger partial charge in [0.2, 0.25) is 0 Å². The molecule has 1 aromatic carbocycles. The Hall–Kier alpha value is 1.08. The molecule has 0 aromatic heterocycles. The summed E-state index contributed by atoms with van der Waals surface area (Å²) in [5.41, 5.74) is 1.38. The summed E-state index contributed by atoms with van der Waals surface area (Å²) in [5, 5.41) is 11.0. The number of hydrogen-bond acceptors (Lipinski definition) is 9. The van der Waals surface area contributed by atoms with Gasteiger partial charge in [-0.15, -0.1) is 24.8 Å². The van der Waals surface area contributed by atoms with Crippen LogP contribution in [0.5, 0.6) is 0 Å². The van der Waals surface area contributed by atoms with E-state index in [0.29, 0.717) is 5.56 Å². The van der Waals surface area contributed by atoms with Gasteiger partial charge in [-0.05, 0) is 33.7 Å². The van der Waals surface area contributed by atoms with Crippen LogP contribution < -0.4 is 0 Å². The summed E-state index contributed by atoms with van der Waals surface area (Å²) in [6, 6.07) is 7.04. The van der Waals surface area contributed by atoms with Crippen molar-refractivity contribution in [1.82, 2.24) is 0 Å². The van der Waals surface area contributed by atoms with Crippen molar-refractivity contribution in [2.45, 2.75) is 69.6 Å². The van der Waals surface area contributed by atoms with Crippen molar-refractivity contribution < 1.29 is 86.7 Å². The van der Waals surface area contributed by atoms with Crippen LogP contribution in [0.25, 0.3) is 0 Å². The minimum absolute atomic E-state index is 0. The number of carbonyl (C=O) groups is 1. The molecule has 2 aliphatic rings. The molecule has 39 heavy (non-hydrogen) atoms. The van der Waals surface area contributed by atoms with Gasteiger partial charge in [-0.3, -0.25) is 0 Å². The Balaban J connectivity index is 0.00000533. The first-order valence-corrected chi connectivity index (χ1v) is 15.5. The van der Waals surface area contributed by atoms with Gasteiger partial charge < -0.3 is 37.9 Å². The van der Waals surface area contributed by atoms with Crippen molar-refractivity contribution in [2.75, 3.05) is 19.9 Å². The van der Waals surface area contributed by atoms with Crippen molar-refractivity contribution in [2.24, 2.45) is 0 Å². The first kappa shape index (κ1) is 36.3. The number of carbonyl (C=O) groups excluding carboxylic acids is 1. The van der Waals surface area contributed by atoms with Gasteiger partial charge in [0.15, 0.2) is 12.4 Å². The minimum Gasteiger partial charge on any atom is -0.451 e. The molecule has 16 heteroatoms. The molecule has 1 N–H and O–H groups in total. The van der Waals surface area contributed by atoms with Gasteiger partial charge >= 0.3 is 19.2 Å². The van der Waals surface area contributed by atoms with E-state index in [4.69, 9.17) is 40.3 Å². The predicted octanol–water partition coefficient (Wildman–Crippen LogP) is 2.46. The largest absolute Gasteiger partial charge is 0.451 e. The Morgan fingerprint density at radius 1 is 1.10 bits per heavy atom. The third-order valence-corrected chi connectivity index (χ3v) is 6.91. The van der Waals surface area contributed by atoms with Gasteiger partial charge in [0.25, 0.3) is 0 Å². The Bertz CT molecular complexity index is 919. The molecule has 0 amide bonds. The van der Waals surface area contributed by atoms with Crippen LogP contribution in [0.4, 0.5) is 0 Å². The van der Waals surface area contributed by atoms with Crippen molar-refractivity contribution in [3.63, 3.8) is 0 Å².